The van der Waals surface area contributed by atoms with Gasteiger partial charge in [-0.1, -0.05) is 12.1 Å². The number of hydrogen-bond donors (Lipinski definition) is 0. The molecule has 0 radical (unpaired) electrons. The Kier molecular flexibility index (Phi) is 1.72. The van der Waals surface area contributed by atoms with Gasteiger partial charge in [0.1, 0.15) is 5.52 Å². The highest BCUT2D eigenvalue weighted by Gasteiger charge is 2.15. The number of oxazole rings is 1. The van der Waals surface area contributed by atoms with Crippen LogP contribution in [-0.2, 0) is 0 Å². The van der Waals surface area contributed by atoms with E-state index in [1.807, 2.05) is 0 Å². The first-order valence-electron chi connectivity index (χ1n) is 3.51. The van der Waals surface area contributed by atoms with Crippen molar-refractivity contribution in [3.63, 3.8) is 0 Å². The van der Waals surface area contributed by atoms with Gasteiger partial charge < -0.3 is 4.42 Å². The average Bonchev–Trinajstić information content (AvgIpc) is 2.43. The summed E-state index contributed by atoms with van der Waals surface area (Å²) in [5.41, 5.74) is -0.393. The van der Waals surface area contributed by atoms with Crippen molar-refractivity contribution in [1.29, 1.82) is 0 Å². The predicted molar refractivity (Wildman–Crippen MR) is 38.9 cm³/mol. The average molecular weight is 187 g/mol. The van der Waals surface area contributed by atoms with Gasteiger partial charge in [0.15, 0.2) is 5.58 Å². The minimum Gasteiger partial charge on any atom is -0.415 e. The Hall–Kier alpha value is -1.52. The zero-order chi connectivity index (χ0) is 9.42. The zero-order valence-electron chi connectivity index (χ0n) is 6.30. The standard InChI is InChI=1S/C8H4F3NO/c9-7(10)4-2-1-3-5-6(4)12-8(11)13-5/h1-3,7H. The number of rotatable bonds is 1. The van der Waals surface area contributed by atoms with E-state index in [4.69, 9.17) is 0 Å². The summed E-state index contributed by atoms with van der Waals surface area (Å²) in [6.07, 6.45) is -3.77. The molecule has 0 aliphatic rings. The SMILES string of the molecule is Fc1nc2c(C(F)F)cccc2o1. The molecule has 0 fully saturated rings. The second kappa shape index (κ2) is 2.76. The Morgan fingerprint density at radius 2 is 2.08 bits per heavy atom. The van der Waals surface area contributed by atoms with E-state index in [0.29, 0.717) is 0 Å². The quantitative estimate of drug-likeness (QED) is 0.685. The molecule has 5 heteroatoms. The van der Waals surface area contributed by atoms with Crippen LogP contribution in [0.5, 0.6) is 0 Å². The maximum Gasteiger partial charge on any atom is 0.382 e. The Balaban J connectivity index is 2.75. The number of hydrogen-bond acceptors (Lipinski definition) is 2. The van der Waals surface area contributed by atoms with Crippen molar-refractivity contribution >= 4 is 11.1 Å². The number of benzene rings is 1. The summed E-state index contributed by atoms with van der Waals surface area (Å²) in [5.74, 6) is 0. The van der Waals surface area contributed by atoms with Gasteiger partial charge >= 0.3 is 6.14 Å². The van der Waals surface area contributed by atoms with Crippen LogP contribution in [0.4, 0.5) is 13.2 Å². The molecule has 0 saturated carbocycles. The molecule has 0 aliphatic carbocycles. The molecular weight excluding hydrogens is 183 g/mol. The molecular formula is C8H4F3NO. The number of para-hydroxylation sites is 1. The molecule has 0 atom stereocenters. The molecule has 0 unspecified atom stereocenters. The van der Waals surface area contributed by atoms with Crippen molar-refractivity contribution in [3.8, 4) is 0 Å². The maximum atomic E-state index is 12.4. The second-order valence-electron chi connectivity index (χ2n) is 2.46. The van der Waals surface area contributed by atoms with E-state index in [1.165, 1.54) is 18.2 Å². The van der Waals surface area contributed by atoms with Crippen LogP contribution in [0.2, 0.25) is 0 Å². The third-order valence-corrected chi connectivity index (χ3v) is 1.66. The van der Waals surface area contributed by atoms with Crippen LogP contribution in [0.15, 0.2) is 22.6 Å². The van der Waals surface area contributed by atoms with Crippen molar-refractivity contribution in [2.45, 2.75) is 6.43 Å². The molecule has 2 nitrogen and oxygen atoms in total. The summed E-state index contributed by atoms with van der Waals surface area (Å²) in [7, 11) is 0. The van der Waals surface area contributed by atoms with Gasteiger partial charge in [0.2, 0.25) is 0 Å². The number of nitrogens with zero attached hydrogens (tertiary/aromatic N) is 1. The summed E-state index contributed by atoms with van der Waals surface area (Å²) < 4.78 is 41.5. The number of alkyl halides is 2. The normalized spacial score (nSPS) is 11.4. The fraction of sp³-hybridized carbons (Fsp3) is 0.125. The second-order valence-corrected chi connectivity index (χ2v) is 2.46. The van der Waals surface area contributed by atoms with Gasteiger partial charge in [-0.3, -0.25) is 0 Å². The van der Waals surface area contributed by atoms with E-state index in [2.05, 4.69) is 9.40 Å². The number of aromatic nitrogens is 1. The van der Waals surface area contributed by atoms with Crippen LogP contribution in [0, 0.1) is 6.14 Å². The summed E-state index contributed by atoms with van der Waals surface area (Å²) in [6, 6.07) is 3.95. The van der Waals surface area contributed by atoms with Crippen LogP contribution in [0.1, 0.15) is 12.0 Å². The molecule has 0 aliphatic heterocycles. The van der Waals surface area contributed by atoms with Crippen LogP contribution < -0.4 is 0 Å². The molecule has 0 bridgehead atoms. The van der Waals surface area contributed by atoms with E-state index in [9.17, 15) is 13.2 Å². The molecule has 0 amide bonds. The van der Waals surface area contributed by atoms with Crippen molar-refractivity contribution in [2.24, 2.45) is 0 Å². The lowest BCUT2D eigenvalue weighted by atomic mass is 10.2. The van der Waals surface area contributed by atoms with Gasteiger partial charge in [-0.2, -0.15) is 4.98 Å². The lowest BCUT2D eigenvalue weighted by molar-refractivity contribution is 0.153. The van der Waals surface area contributed by atoms with Crippen molar-refractivity contribution in [1.82, 2.24) is 4.98 Å². The monoisotopic (exact) mass is 187 g/mol. The Bertz CT molecular complexity index is 438. The first-order valence-corrected chi connectivity index (χ1v) is 3.51. The van der Waals surface area contributed by atoms with Gasteiger partial charge in [-0.05, 0) is 6.07 Å². The van der Waals surface area contributed by atoms with E-state index < -0.39 is 12.6 Å². The molecule has 2 rings (SSSR count). The topological polar surface area (TPSA) is 26.0 Å². The van der Waals surface area contributed by atoms with Crippen LogP contribution in [-0.4, -0.2) is 4.98 Å². The van der Waals surface area contributed by atoms with Gasteiger partial charge in [0.25, 0.3) is 6.43 Å². The number of fused-ring (bicyclic) bond motifs is 1. The first-order chi connectivity index (χ1) is 6.18. The zero-order valence-corrected chi connectivity index (χ0v) is 6.30. The van der Waals surface area contributed by atoms with Crippen LogP contribution >= 0.6 is 0 Å². The minimum absolute atomic E-state index is 0.0373. The number of halogens is 3. The highest BCUT2D eigenvalue weighted by atomic mass is 19.3. The van der Waals surface area contributed by atoms with Gasteiger partial charge in [0.05, 0.1) is 0 Å². The maximum absolute atomic E-state index is 12.4. The van der Waals surface area contributed by atoms with E-state index in [-0.39, 0.29) is 16.7 Å². The van der Waals surface area contributed by atoms with Gasteiger partial charge in [-0.25, -0.2) is 8.78 Å². The lowest BCUT2D eigenvalue weighted by Crippen LogP contribution is -1.85. The summed E-state index contributed by atoms with van der Waals surface area (Å²) in [4.78, 5) is 3.22. The van der Waals surface area contributed by atoms with Crippen molar-refractivity contribution in [3.05, 3.63) is 29.9 Å². The lowest BCUT2D eigenvalue weighted by Gasteiger charge is -1.97. The van der Waals surface area contributed by atoms with E-state index in [0.717, 1.165) is 0 Å². The van der Waals surface area contributed by atoms with Crippen LogP contribution in [0.25, 0.3) is 11.1 Å². The molecule has 0 spiro atoms. The molecule has 1 heterocycles. The molecule has 2 aromatic rings. The fourth-order valence-corrected chi connectivity index (χ4v) is 1.12. The smallest absolute Gasteiger partial charge is 0.382 e. The van der Waals surface area contributed by atoms with E-state index in [1.54, 1.807) is 0 Å². The minimum atomic E-state index is -2.67. The van der Waals surface area contributed by atoms with Crippen LogP contribution in [0.3, 0.4) is 0 Å². The third kappa shape index (κ3) is 1.26. The highest BCUT2D eigenvalue weighted by molar-refractivity contribution is 5.76. The summed E-state index contributed by atoms with van der Waals surface area (Å²) >= 11 is 0. The fourth-order valence-electron chi connectivity index (χ4n) is 1.12. The molecule has 68 valence electrons. The highest BCUT2D eigenvalue weighted by Crippen LogP contribution is 2.27. The van der Waals surface area contributed by atoms with Crippen molar-refractivity contribution in [2.75, 3.05) is 0 Å². The summed E-state index contributed by atoms with van der Waals surface area (Å²) in [6.45, 7) is 0. The van der Waals surface area contributed by atoms with E-state index >= 15 is 0 Å². The molecule has 0 saturated heterocycles. The molecule has 0 N–H and O–H groups in total. The largest absolute Gasteiger partial charge is 0.415 e. The Morgan fingerprint density at radius 1 is 1.31 bits per heavy atom. The van der Waals surface area contributed by atoms with Crippen molar-refractivity contribution < 1.29 is 17.6 Å². The molecule has 1 aromatic carbocycles. The molecule has 13 heavy (non-hydrogen) atoms. The third-order valence-electron chi connectivity index (χ3n) is 1.66. The predicted octanol–water partition coefficient (Wildman–Crippen LogP) is 2.90. The Morgan fingerprint density at radius 3 is 2.77 bits per heavy atom. The molecule has 1 aromatic heterocycles. The van der Waals surface area contributed by atoms with Gasteiger partial charge in [0, 0.05) is 5.56 Å². The van der Waals surface area contributed by atoms with Gasteiger partial charge in [-0.15, -0.1) is 4.39 Å². The summed E-state index contributed by atoms with van der Waals surface area (Å²) in [5, 5.41) is 0. The Labute approximate surface area is 71.0 Å². The first kappa shape index (κ1) is 8.10.